The van der Waals surface area contributed by atoms with Crippen LogP contribution in [0.15, 0.2) is 0 Å². The van der Waals surface area contributed by atoms with Crippen LogP contribution >= 0.6 is 0 Å². The van der Waals surface area contributed by atoms with Gasteiger partial charge in [0.05, 0.1) is 0 Å². The Labute approximate surface area is 94.4 Å². The Morgan fingerprint density at radius 1 is 0.933 bits per heavy atom. The Bertz CT molecular complexity index is 169. The number of hydrogen-bond donors (Lipinski definition) is 0. The van der Waals surface area contributed by atoms with E-state index in [1.165, 1.54) is 0 Å². The van der Waals surface area contributed by atoms with Gasteiger partial charge in [-0.05, 0) is 18.8 Å². The summed E-state index contributed by atoms with van der Waals surface area (Å²) in [6.45, 7) is 11.8. The van der Waals surface area contributed by atoms with Crippen LogP contribution in [-0.2, 0) is 9.59 Å². The molecule has 0 unspecified atom stereocenters. The van der Waals surface area contributed by atoms with Crippen molar-refractivity contribution in [3.8, 4) is 0 Å². The fourth-order valence-corrected chi connectivity index (χ4v) is 0.994. The standard InChI is InChI=1S/C9H18O.C4H8O/c1-7(2)5-9(10)6-8(3)4;1-3-4(2)5/h7-8H,5-6H2,1-4H3;3H2,1-2H3. The number of carbonyl (C=O) groups excluding carboxylic acids is 2. The molecule has 0 N–H and O–H groups in total. The Morgan fingerprint density at radius 2 is 1.20 bits per heavy atom. The first-order valence-electron chi connectivity index (χ1n) is 5.80. The van der Waals surface area contributed by atoms with E-state index >= 15 is 0 Å². The van der Waals surface area contributed by atoms with Gasteiger partial charge in [0.2, 0.25) is 0 Å². The molecular weight excluding hydrogens is 188 g/mol. The molecule has 0 radical (unpaired) electrons. The monoisotopic (exact) mass is 214 g/mol. The Hall–Kier alpha value is -0.660. The second-order valence-corrected chi connectivity index (χ2v) is 4.79. The highest BCUT2D eigenvalue weighted by Crippen LogP contribution is 2.07. The molecular formula is C13H26O2. The smallest absolute Gasteiger partial charge is 0.133 e. The van der Waals surface area contributed by atoms with Crippen molar-refractivity contribution in [1.82, 2.24) is 0 Å². The van der Waals surface area contributed by atoms with E-state index in [4.69, 9.17) is 0 Å². The molecule has 0 aliphatic carbocycles. The van der Waals surface area contributed by atoms with Crippen LogP contribution in [0.2, 0.25) is 0 Å². The van der Waals surface area contributed by atoms with Crippen LogP contribution < -0.4 is 0 Å². The average Bonchev–Trinajstić information content (AvgIpc) is 2.01. The van der Waals surface area contributed by atoms with Crippen LogP contribution in [0.5, 0.6) is 0 Å². The normalized spacial score (nSPS) is 9.87. The molecule has 0 aromatic carbocycles. The van der Waals surface area contributed by atoms with Crippen molar-refractivity contribution >= 4 is 11.6 Å². The predicted molar refractivity (Wildman–Crippen MR) is 64.9 cm³/mol. The van der Waals surface area contributed by atoms with Crippen molar-refractivity contribution in [2.75, 3.05) is 0 Å². The molecule has 0 rings (SSSR count). The van der Waals surface area contributed by atoms with Gasteiger partial charge in [0, 0.05) is 19.3 Å². The Kier molecular flexibility index (Phi) is 11.0. The van der Waals surface area contributed by atoms with Crippen LogP contribution in [0.4, 0.5) is 0 Å². The highest BCUT2D eigenvalue weighted by atomic mass is 16.1. The molecule has 0 amide bonds. The lowest BCUT2D eigenvalue weighted by Crippen LogP contribution is -2.05. The zero-order valence-corrected chi connectivity index (χ0v) is 11.1. The first-order valence-corrected chi connectivity index (χ1v) is 5.80. The van der Waals surface area contributed by atoms with Crippen LogP contribution in [0, 0.1) is 11.8 Å². The SMILES string of the molecule is CC(C)CC(=O)CC(C)C.CCC(C)=O. The van der Waals surface area contributed by atoms with Crippen molar-refractivity contribution in [3.05, 3.63) is 0 Å². The largest absolute Gasteiger partial charge is 0.300 e. The van der Waals surface area contributed by atoms with E-state index < -0.39 is 0 Å². The van der Waals surface area contributed by atoms with E-state index in [9.17, 15) is 9.59 Å². The molecule has 2 nitrogen and oxygen atoms in total. The summed E-state index contributed by atoms with van der Waals surface area (Å²) in [5, 5.41) is 0. The van der Waals surface area contributed by atoms with Gasteiger partial charge in [0.25, 0.3) is 0 Å². The van der Waals surface area contributed by atoms with E-state index in [1.54, 1.807) is 6.92 Å². The molecule has 0 spiro atoms. The summed E-state index contributed by atoms with van der Waals surface area (Å²) in [6, 6.07) is 0. The van der Waals surface area contributed by atoms with Gasteiger partial charge in [-0.1, -0.05) is 34.6 Å². The number of carbonyl (C=O) groups is 2. The molecule has 0 aliphatic rings. The number of rotatable bonds is 5. The van der Waals surface area contributed by atoms with Crippen LogP contribution in [-0.4, -0.2) is 11.6 Å². The van der Waals surface area contributed by atoms with E-state index in [0.29, 0.717) is 24.0 Å². The molecule has 0 saturated carbocycles. The highest BCUT2D eigenvalue weighted by Gasteiger charge is 2.06. The van der Waals surface area contributed by atoms with Crippen molar-refractivity contribution in [3.63, 3.8) is 0 Å². The highest BCUT2D eigenvalue weighted by molar-refractivity contribution is 5.78. The first-order chi connectivity index (χ1) is 6.79. The second kappa shape index (κ2) is 9.88. The zero-order chi connectivity index (χ0) is 12.4. The summed E-state index contributed by atoms with van der Waals surface area (Å²) in [5.74, 6) is 1.70. The van der Waals surface area contributed by atoms with Crippen molar-refractivity contribution < 1.29 is 9.59 Å². The number of hydrogen-bond acceptors (Lipinski definition) is 2. The lowest BCUT2D eigenvalue weighted by atomic mass is 10.00. The van der Waals surface area contributed by atoms with Gasteiger partial charge in [-0.15, -0.1) is 0 Å². The summed E-state index contributed by atoms with van der Waals surface area (Å²) in [7, 11) is 0. The third-order valence-electron chi connectivity index (χ3n) is 1.77. The van der Waals surface area contributed by atoms with Crippen LogP contribution in [0.1, 0.15) is 60.8 Å². The molecule has 0 saturated heterocycles. The second-order valence-electron chi connectivity index (χ2n) is 4.79. The summed E-state index contributed by atoms with van der Waals surface area (Å²) in [4.78, 5) is 20.9. The number of ketones is 2. The van der Waals surface area contributed by atoms with Gasteiger partial charge in [0.1, 0.15) is 11.6 Å². The first kappa shape index (κ1) is 16.8. The van der Waals surface area contributed by atoms with Gasteiger partial charge in [0.15, 0.2) is 0 Å². The van der Waals surface area contributed by atoms with Gasteiger partial charge in [-0.3, -0.25) is 4.79 Å². The molecule has 0 fully saturated rings. The van der Waals surface area contributed by atoms with E-state index in [-0.39, 0.29) is 5.78 Å². The third kappa shape index (κ3) is 19.7. The molecule has 0 atom stereocenters. The maximum Gasteiger partial charge on any atom is 0.133 e. The molecule has 15 heavy (non-hydrogen) atoms. The Balaban J connectivity index is 0. The van der Waals surface area contributed by atoms with Gasteiger partial charge in [-0.25, -0.2) is 0 Å². The lowest BCUT2D eigenvalue weighted by molar-refractivity contribution is -0.120. The molecule has 2 heteroatoms. The van der Waals surface area contributed by atoms with Gasteiger partial charge >= 0.3 is 0 Å². The molecule has 0 aromatic heterocycles. The minimum Gasteiger partial charge on any atom is -0.300 e. The van der Waals surface area contributed by atoms with E-state index in [0.717, 1.165) is 12.8 Å². The van der Waals surface area contributed by atoms with Gasteiger partial charge in [-0.2, -0.15) is 0 Å². The summed E-state index contributed by atoms with van der Waals surface area (Å²) >= 11 is 0. The quantitative estimate of drug-likeness (QED) is 0.700. The third-order valence-corrected chi connectivity index (χ3v) is 1.77. The zero-order valence-electron chi connectivity index (χ0n) is 11.1. The van der Waals surface area contributed by atoms with Crippen LogP contribution in [0.25, 0.3) is 0 Å². The molecule has 0 heterocycles. The summed E-state index contributed by atoms with van der Waals surface area (Å²) in [5.41, 5.74) is 0. The predicted octanol–water partition coefficient (Wildman–Crippen LogP) is 3.63. The topological polar surface area (TPSA) is 34.1 Å². The minimum absolute atomic E-state index is 0.255. The summed E-state index contributed by atoms with van der Waals surface area (Å²) in [6.07, 6.45) is 2.16. The molecule has 0 bridgehead atoms. The summed E-state index contributed by atoms with van der Waals surface area (Å²) < 4.78 is 0. The van der Waals surface area contributed by atoms with Crippen molar-refractivity contribution in [1.29, 1.82) is 0 Å². The molecule has 0 aliphatic heterocycles. The maximum absolute atomic E-state index is 11.1. The van der Waals surface area contributed by atoms with Gasteiger partial charge < -0.3 is 4.79 Å². The molecule has 0 aromatic rings. The van der Waals surface area contributed by atoms with E-state index in [2.05, 4.69) is 27.7 Å². The minimum atomic E-state index is 0.255. The fourth-order valence-electron chi connectivity index (χ4n) is 0.994. The fraction of sp³-hybridized carbons (Fsp3) is 0.846. The average molecular weight is 214 g/mol. The molecule has 90 valence electrons. The number of Topliss-reactive ketones (excluding diaryl/α,β-unsaturated/α-hetero) is 2. The van der Waals surface area contributed by atoms with Crippen molar-refractivity contribution in [2.45, 2.75) is 60.8 Å². The van der Waals surface area contributed by atoms with Crippen LogP contribution in [0.3, 0.4) is 0 Å². The van der Waals surface area contributed by atoms with E-state index in [1.807, 2.05) is 6.92 Å². The Morgan fingerprint density at radius 3 is 1.33 bits per heavy atom. The van der Waals surface area contributed by atoms with Crippen molar-refractivity contribution in [2.24, 2.45) is 11.8 Å². The maximum atomic E-state index is 11.1. The lowest BCUT2D eigenvalue weighted by Gasteiger charge is -2.05.